The zero-order chi connectivity index (χ0) is 11.0. The highest BCUT2D eigenvalue weighted by atomic mass is 15.0. The first-order valence-electron chi connectivity index (χ1n) is 7.59. The number of fused-ring (bicyclic) bond motifs is 2. The van der Waals surface area contributed by atoms with Crippen LogP contribution in [0, 0.1) is 17.8 Å². The molecule has 16 heavy (non-hydrogen) atoms. The minimum absolute atomic E-state index is 0.782. The van der Waals surface area contributed by atoms with E-state index in [1.54, 1.807) is 0 Å². The summed E-state index contributed by atoms with van der Waals surface area (Å²) in [5, 5.41) is 3.98. The van der Waals surface area contributed by atoms with Crippen LogP contribution in [0.4, 0.5) is 0 Å². The molecule has 0 heterocycles. The summed E-state index contributed by atoms with van der Waals surface area (Å²) in [5.74, 6) is 3.10. The van der Waals surface area contributed by atoms with Gasteiger partial charge in [-0.2, -0.15) is 0 Å². The van der Waals surface area contributed by atoms with Gasteiger partial charge in [0, 0.05) is 12.1 Å². The second-order valence-corrected chi connectivity index (χ2v) is 6.63. The van der Waals surface area contributed by atoms with Crippen LogP contribution < -0.4 is 5.32 Å². The van der Waals surface area contributed by atoms with Crippen molar-refractivity contribution < 1.29 is 0 Å². The molecule has 0 saturated heterocycles. The Bertz CT molecular complexity index is 232. The summed E-state index contributed by atoms with van der Waals surface area (Å²) in [4.78, 5) is 0. The molecule has 0 radical (unpaired) electrons. The maximum Gasteiger partial charge on any atom is 0.0101 e. The Kier molecular flexibility index (Phi) is 3.24. The van der Waals surface area contributed by atoms with Gasteiger partial charge in [0.25, 0.3) is 0 Å². The fourth-order valence-corrected chi connectivity index (χ4v) is 4.56. The van der Waals surface area contributed by atoms with Gasteiger partial charge in [-0.15, -0.1) is 0 Å². The molecular formula is C15H27N. The lowest BCUT2D eigenvalue weighted by Crippen LogP contribution is -2.44. The Hall–Kier alpha value is -0.0400. The van der Waals surface area contributed by atoms with E-state index in [4.69, 9.17) is 0 Å². The quantitative estimate of drug-likeness (QED) is 0.765. The molecule has 1 nitrogen and oxygen atoms in total. The van der Waals surface area contributed by atoms with Gasteiger partial charge >= 0.3 is 0 Å². The molecule has 4 atom stereocenters. The van der Waals surface area contributed by atoms with E-state index >= 15 is 0 Å². The number of rotatable bonds is 3. The van der Waals surface area contributed by atoms with E-state index in [9.17, 15) is 0 Å². The van der Waals surface area contributed by atoms with Crippen LogP contribution in [-0.2, 0) is 0 Å². The van der Waals surface area contributed by atoms with E-state index in [-0.39, 0.29) is 0 Å². The summed E-state index contributed by atoms with van der Waals surface area (Å²) in [5.41, 5.74) is 0. The largest absolute Gasteiger partial charge is 0.311 e. The molecule has 0 aromatic carbocycles. The Morgan fingerprint density at radius 2 is 1.75 bits per heavy atom. The van der Waals surface area contributed by atoms with Crippen molar-refractivity contribution in [2.24, 2.45) is 17.8 Å². The SMILES string of the molecule is C[C@@H](NC1CC2CCC1C2)C1CCCCC1. The van der Waals surface area contributed by atoms with Crippen molar-refractivity contribution in [1.29, 1.82) is 0 Å². The molecule has 0 aliphatic heterocycles. The fourth-order valence-electron chi connectivity index (χ4n) is 4.56. The predicted molar refractivity (Wildman–Crippen MR) is 68.4 cm³/mol. The molecule has 0 aromatic heterocycles. The van der Waals surface area contributed by atoms with E-state index in [1.807, 2.05) is 0 Å². The highest BCUT2D eigenvalue weighted by molar-refractivity contribution is 4.95. The molecule has 3 unspecified atom stereocenters. The normalized spacial score (nSPS) is 41.4. The van der Waals surface area contributed by atoms with Crippen LogP contribution in [0.3, 0.4) is 0 Å². The smallest absolute Gasteiger partial charge is 0.0101 e. The van der Waals surface area contributed by atoms with Crippen molar-refractivity contribution in [1.82, 2.24) is 5.32 Å². The molecule has 3 aliphatic carbocycles. The summed E-state index contributed by atoms with van der Waals surface area (Å²) in [6.07, 6.45) is 13.5. The topological polar surface area (TPSA) is 12.0 Å². The van der Waals surface area contributed by atoms with Crippen molar-refractivity contribution >= 4 is 0 Å². The molecule has 1 N–H and O–H groups in total. The zero-order valence-electron chi connectivity index (χ0n) is 10.8. The summed E-state index contributed by atoms with van der Waals surface area (Å²) in [6, 6.07) is 1.67. The Labute approximate surface area is 100 Å². The van der Waals surface area contributed by atoms with E-state index in [0.29, 0.717) is 0 Å². The van der Waals surface area contributed by atoms with Gasteiger partial charge in [0.15, 0.2) is 0 Å². The van der Waals surface area contributed by atoms with E-state index in [1.165, 1.54) is 57.8 Å². The summed E-state index contributed by atoms with van der Waals surface area (Å²) in [6.45, 7) is 2.45. The number of nitrogens with one attached hydrogen (secondary N) is 1. The van der Waals surface area contributed by atoms with Crippen LogP contribution in [0.2, 0.25) is 0 Å². The molecule has 3 rings (SSSR count). The minimum Gasteiger partial charge on any atom is -0.311 e. The third kappa shape index (κ3) is 2.16. The van der Waals surface area contributed by atoms with Gasteiger partial charge in [0.2, 0.25) is 0 Å². The maximum absolute atomic E-state index is 3.98. The summed E-state index contributed by atoms with van der Waals surface area (Å²) >= 11 is 0. The molecule has 1 heteroatoms. The van der Waals surface area contributed by atoms with Crippen molar-refractivity contribution in [2.75, 3.05) is 0 Å². The molecule has 3 aliphatic rings. The van der Waals surface area contributed by atoms with Crippen molar-refractivity contribution in [3.05, 3.63) is 0 Å². The van der Waals surface area contributed by atoms with E-state index < -0.39 is 0 Å². The Balaban J connectivity index is 1.50. The van der Waals surface area contributed by atoms with Gasteiger partial charge < -0.3 is 5.32 Å². The first-order valence-corrected chi connectivity index (χ1v) is 7.59. The van der Waals surface area contributed by atoms with Crippen LogP contribution in [0.15, 0.2) is 0 Å². The lowest BCUT2D eigenvalue weighted by atomic mass is 9.83. The molecule has 3 saturated carbocycles. The number of hydrogen-bond acceptors (Lipinski definition) is 1. The first kappa shape index (κ1) is 11.1. The first-order chi connectivity index (χ1) is 7.83. The second kappa shape index (κ2) is 4.68. The third-order valence-corrected chi connectivity index (χ3v) is 5.57. The van der Waals surface area contributed by atoms with E-state index in [0.717, 1.165) is 29.8 Å². The van der Waals surface area contributed by atoms with Gasteiger partial charge in [0.05, 0.1) is 0 Å². The second-order valence-electron chi connectivity index (χ2n) is 6.63. The fraction of sp³-hybridized carbons (Fsp3) is 1.00. The monoisotopic (exact) mass is 221 g/mol. The van der Waals surface area contributed by atoms with Gasteiger partial charge in [-0.1, -0.05) is 25.7 Å². The van der Waals surface area contributed by atoms with E-state index in [2.05, 4.69) is 12.2 Å². The summed E-state index contributed by atoms with van der Waals surface area (Å²) < 4.78 is 0. The van der Waals surface area contributed by atoms with Crippen LogP contribution in [0.5, 0.6) is 0 Å². The average molecular weight is 221 g/mol. The molecule has 3 fully saturated rings. The lowest BCUT2D eigenvalue weighted by Gasteiger charge is -2.33. The predicted octanol–water partition coefficient (Wildman–Crippen LogP) is 3.73. The van der Waals surface area contributed by atoms with Gasteiger partial charge in [-0.3, -0.25) is 0 Å². The third-order valence-electron chi connectivity index (χ3n) is 5.57. The molecule has 2 bridgehead atoms. The average Bonchev–Trinajstić information content (AvgIpc) is 2.92. The van der Waals surface area contributed by atoms with Crippen LogP contribution in [0.1, 0.15) is 64.7 Å². The number of hydrogen-bond donors (Lipinski definition) is 1. The summed E-state index contributed by atoms with van der Waals surface area (Å²) in [7, 11) is 0. The molecule has 92 valence electrons. The zero-order valence-corrected chi connectivity index (χ0v) is 10.8. The minimum atomic E-state index is 0.782. The van der Waals surface area contributed by atoms with Crippen LogP contribution in [0.25, 0.3) is 0 Å². The molecule has 0 amide bonds. The van der Waals surface area contributed by atoms with Gasteiger partial charge in [-0.05, 0) is 56.8 Å². The van der Waals surface area contributed by atoms with Crippen LogP contribution in [-0.4, -0.2) is 12.1 Å². The standard InChI is InChI=1S/C15H27N/c1-11(13-5-3-2-4-6-13)16-15-10-12-7-8-14(15)9-12/h11-16H,2-10H2,1H3/t11-,12?,14?,15?/m1/s1. The van der Waals surface area contributed by atoms with Crippen molar-refractivity contribution in [3.8, 4) is 0 Å². The van der Waals surface area contributed by atoms with Crippen molar-refractivity contribution in [3.63, 3.8) is 0 Å². The maximum atomic E-state index is 3.98. The highest BCUT2D eigenvalue weighted by Gasteiger charge is 2.40. The van der Waals surface area contributed by atoms with Crippen molar-refractivity contribution in [2.45, 2.75) is 76.8 Å². The lowest BCUT2D eigenvalue weighted by molar-refractivity contribution is 0.236. The van der Waals surface area contributed by atoms with Crippen LogP contribution >= 0.6 is 0 Å². The Morgan fingerprint density at radius 1 is 0.938 bits per heavy atom. The highest BCUT2D eigenvalue weighted by Crippen LogP contribution is 2.44. The Morgan fingerprint density at radius 3 is 2.38 bits per heavy atom. The van der Waals surface area contributed by atoms with Gasteiger partial charge in [-0.25, -0.2) is 0 Å². The van der Waals surface area contributed by atoms with Gasteiger partial charge in [0.1, 0.15) is 0 Å². The molecule has 0 spiro atoms. The molecule has 0 aromatic rings. The molecular weight excluding hydrogens is 194 g/mol.